The van der Waals surface area contributed by atoms with Gasteiger partial charge in [0, 0.05) is 37.6 Å². The summed E-state index contributed by atoms with van der Waals surface area (Å²) in [5, 5.41) is 18.0. The van der Waals surface area contributed by atoms with Crippen LogP contribution in [0.15, 0.2) is 42.5 Å². The molecule has 2 aromatic carbocycles. The van der Waals surface area contributed by atoms with Crippen molar-refractivity contribution in [3.05, 3.63) is 64.0 Å². The van der Waals surface area contributed by atoms with Gasteiger partial charge >= 0.3 is 0 Å². The number of anilines is 2. The van der Waals surface area contributed by atoms with Crippen LogP contribution in [0.3, 0.4) is 0 Å². The summed E-state index contributed by atoms with van der Waals surface area (Å²) >= 11 is 0. The van der Waals surface area contributed by atoms with E-state index in [9.17, 15) is 19.3 Å². The molecule has 2 N–H and O–H groups in total. The molecule has 1 fully saturated rings. The molecule has 1 amide bonds. The van der Waals surface area contributed by atoms with Crippen molar-refractivity contribution in [3.8, 4) is 0 Å². The number of non-ortho nitro benzene ring substituents is 1. The fraction of sp³-hybridized carbons (Fsp3) is 0.348. The van der Waals surface area contributed by atoms with Crippen molar-refractivity contribution in [2.75, 3.05) is 24.3 Å². The average molecular weight is 452 g/mol. The molecule has 0 aliphatic heterocycles. The molecule has 33 heavy (non-hydrogen) atoms. The third-order valence-electron chi connectivity index (χ3n) is 5.81. The van der Waals surface area contributed by atoms with Crippen LogP contribution in [-0.2, 0) is 0 Å². The Morgan fingerprint density at radius 3 is 2.45 bits per heavy atom. The number of nitrogens with one attached hydrogen (secondary N) is 2. The first-order chi connectivity index (χ1) is 15.8. The van der Waals surface area contributed by atoms with Crippen LogP contribution in [0, 0.1) is 15.9 Å². The number of aromatic nitrogens is 2. The summed E-state index contributed by atoms with van der Waals surface area (Å²) in [6.07, 6.45) is 3.01. The van der Waals surface area contributed by atoms with Gasteiger partial charge in [0.25, 0.3) is 11.6 Å². The third-order valence-corrected chi connectivity index (χ3v) is 5.81. The maximum absolute atomic E-state index is 14.1. The van der Waals surface area contributed by atoms with Crippen molar-refractivity contribution in [2.24, 2.45) is 0 Å². The molecule has 1 heterocycles. The molecule has 10 heteroatoms. The molecule has 0 atom stereocenters. The van der Waals surface area contributed by atoms with Crippen LogP contribution in [0.2, 0.25) is 0 Å². The van der Waals surface area contributed by atoms with Crippen molar-refractivity contribution in [1.82, 2.24) is 15.3 Å². The van der Waals surface area contributed by atoms with Gasteiger partial charge in [-0.05, 0) is 43.9 Å². The SMILES string of the molecule is CN(C)c1nc(N[C@H]2CC[C@@H](NC(=O)c3ccc([N+](=O)[O-])cc3F)CC2)nc2ccccc12. The number of fused-ring (bicyclic) bond motifs is 1. The van der Waals surface area contributed by atoms with Crippen LogP contribution in [-0.4, -0.2) is 47.0 Å². The Morgan fingerprint density at radius 2 is 1.79 bits per heavy atom. The predicted molar refractivity (Wildman–Crippen MR) is 124 cm³/mol. The number of nitro groups is 1. The lowest BCUT2D eigenvalue weighted by molar-refractivity contribution is -0.385. The molecule has 1 aliphatic rings. The fourth-order valence-electron chi connectivity index (χ4n) is 4.09. The van der Waals surface area contributed by atoms with E-state index in [1.165, 1.54) is 0 Å². The Balaban J connectivity index is 1.37. The molecule has 0 bridgehead atoms. The second kappa shape index (κ2) is 9.35. The van der Waals surface area contributed by atoms with Crippen LogP contribution in [0.4, 0.5) is 21.8 Å². The van der Waals surface area contributed by atoms with Crippen LogP contribution in [0.5, 0.6) is 0 Å². The summed E-state index contributed by atoms with van der Waals surface area (Å²) in [4.78, 5) is 33.8. The first kappa shape index (κ1) is 22.4. The first-order valence-electron chi connectivity index (χ1n) is 10.8. The lowest BCUT2D eigenvalue weighted by Crippen LogP contribution is -2.40. The van der Waals surface area contributed by atoms with E-state index in [-0.39, 0.29) is 23.3 Å². The molecule has 9 nitrogen and oxygen atoms in total. The molecule has 4 rings (SSSR count). The van der Waals surface area contributed by atoms with Gasteiger partial charge in [0.1, 0.15) is 11.6 Å². The molecular formula is C23H25FN6O3. The van der Waals surface area contributed by atoms with Crippen LogP contribution >= 0.6 is 0 Å². The fourth-order valence-corrected chi connectivity index (χ4v) is 4.09. The highest BCUT2D eigenvalue weighted by Gasteiger charge is 2.25. The number of hydrogen-bond acceptors (Lipinski definition) is 7. The average Bonchev–Trinajstić information content (AvgIpc) is 2.79. The summed E-state index contributed by atoms with van der Waals surface area (Å²) in [7, 11) is 3.89. The van der Waals surface area contributed by atoms with Crippen molar-refractivity contribution in [3.63, 3.8) is 0 Å². The summed E-state index contributed by atoms with van der Waals surface area (Å²) < 4.78 is 14.1. The zero-order valence-electron chi connectivity index (χ0n) is 18.4. The normalized spacial score (nSPS) is 18.0. The maximum Gasteiger partial charge on any atom is 0.272 e. The zero-order valence-corrected chi connectivity index (χ0v) is 18.4. The number of carbonyl (C=O) groups is 1. The van der Waals surface area contributed by atoms with Crippen LogP contribution in [0.1, 0.15) is 36.0 Å². The minimum Gasteiger partial charge on any atom is -0.362 e. The number of benzene rings is 2. The van der Waals surface area contributed by atoms with Crippen LogP contribution in [0.25, 0.3) is 10.9 Å². The lowest BCUT2D eigenvalue weighted by Gasteiger charge is -2.30. The number of nitrogens with zero attached hydrogens (tertiary/aromatic N) is 4. The van der Waals surface area contributed by atoms with Crippen LogP contribution < -0.4 is 15.5 Å². The maximum atomic E-state index is 14.1. The van der Waals surface area contributed by atoms with E-state index in [0.29, 0.717) is 18.8 Å². The van der Waals surface area contributed by atoms with Gasteiger partial charge in [-0.15, -0.1) is 0 Å². The molecule has 1 aliphatic carbocycles. The van der Waals surface area contributed by atoms with E-state index in [4.69, 9.17) is 0 Å². The number of nitro benzene ring substituents is 1. The Kier molecular flexibility index (Phi) is 6.34. The van der Waals surface area contributed by atoms with Crippen molar-refractivity contribution in [1.29, 1.82) is 0 Å². The summed E-state index contributed by atoms with van der Waals surface area (Å²) in [6, 6.07) is 11.0. The highest BCUT2D eigenvalue weighted by molar-refractivity contribution is 5.95. The summed E-state index contributed by atoms with van der Waals surface area (Å²) in [5.74, 6) is -0.0542. The highest BCUT2D eigenvalue weighted by Crippen LogP contribution is 2.26. The van der Waals surface area contributed by atoms with Gasteiger partial charge in [-0.1, -0.05) is 12.1 Å². The molecule has 0 unspecified atom stereocenters. The van der Waals surface area contributed by atoms with Crippen molar-refractivity contribution in [2.45, 2.75) is 37.8 Å². The van der Waals surface area contributed by atoms with Gasteiger partial charge in [-0.25, -0.2) is 9.37 Å². The van der Waals surface area contributed by atoms with E-state index in [0.717, 1.165) is 47.8 Å². The van der Waals surface area contributed by atoms with E-state index in [1.807, 2.05) is 43.3 Å². The van der Waals surface area contributed by atoms with E-state index in [2.05, 4.69) is 20.6 Å². The molecule has 172 valence electrons. The Hall–Kier alpha value is -3.82. The number of amides is 1. The van der Waals surface area contributed by atoms with Crippen molar-refractivity contribution < 1.29 is 14.1 Å². The Bertz CT molecular complexity index is 1190. The molecule has 0 saturated heterocycles. The molecule has 3 aromatic rings. The first-order valence-corrected chi connectivity index (χ1v) is 10.8. The highest BCUT2D eigenvalue weighted by atomic mass is 19.1. The number of halogens is 1. The molecule has 0 radical (unpaired) electrons. The van der Waals surface area contributed by atoms with Gasteiger partial charge in [0.15, 0.2) is 0 Å². The summed E-state index contributed by atoms with van der Waals surface area (Å²) in [6.45, 7) is 0. The standard InChI is InChI=1S/C23H25FN6O3/c1-29(2)21-18-5-3-4-6-20(18)27-23(28-21)26-15-9-7-14(8-10-15)25-22(31)17-12-11-16(30(32)33)13-19(17)24/h3-6,11-15H,7-10H2,1-2H3,(H,25,31)(H,26,27,28)/t14-,15+. The van der Waals surface area contributed by atoms with E-state index >= 15 is 0 Å². The zero-order chi connectivity index (χ0) is 23.5. The lowest BCUT2D eigenvalue weighted by atomic mass is 9.91. The smallest absolute Gasteiger partial charge is 0.272 e. The molecule has 0 spiro atoms. The summed E-state index contributed by atoms with van der Waals surface area (Å²) in [5.41, 5.74) is 0.287. The quantitative estimate of drug-likeness (QED) is 0.431. The molecular weight excluding hydrogens is 427 g/mol. The Labute approximate surface area is 190 Å². The van der Waals surface area contributed by atoms with Crippen molar-refractivity contribution >= 4 is 34.3 Å². The van der Waals surface area contributed by atoms with Gasteiger partial charge in [0.05, 0.1) is 22.1 Å². The monoisotopic (exact) mass is 452 g/mol. The topological polar surface area (TPSA) is 113 Å². The molecule has 1 saturated carbocycles. The van der Waals surface area contributed by atoms with Gasteiger partial charge in [-0.2, -0.15) is 4.98 Å². The number of carbonyl (C=O) groups excluding carboxylic acids is 1. The van der Waals surface area contributed by atoms with Gasteiger partial charge in [-0.3, -0.25) is 14.9 Å². The number of rotatable bonds is 6. The molecule has 1 aromatic heterocycles. The Morgan fingerprint density at radius 1 is 1.09 bits per heavy atom. The number of hydrogen-bond donors (Lipinski definition) is 2. The van der Waals surface area contributed by atoms with Gasteiger partial charge in [0.2, 0.25) is 5.95 Å². The van der Waals surface area contributed by atoms with E-state index in [1.54, 1.807) is 0 Å². The second-order valence-electron chi connectivity index (χ2n) is 8.37. The second-order valence-corrected chi connectivity index (χ2v) is 8.37. The van der Waals surface area contributed by atoms with E-state index < -0.39 is 16.6 Å². The predicted octanol–water partition coefficient (Wildman–Crippen LogP) is 3.90. The number of para-hydroxylation sites is 1. The largest absolute Gasteiger partial charge is 0.362 e. The minimum atomic E-state index is -0.901. The van der Waals surface area contributed by atoms with Gasteiger partial charge < -0.3 is 15.5 Å². The third kappa shape index (κ3) is 5.00. The minimum absolute atomic E-state index is 0.0972.